The van der Waals surface area contributed by atoms with E-state index in [1.807, 2.05) is 7.05 Å². The van der Waals surface area contributed by atoms with Crippen molar-refractivity contribution in [3.05, 3.63) is 34.3 Å². The van der Waals surface area contributed by atoms with Gasteiger partial charge in [0.15, 0.2) is 0 Å². The van der Waals surface area contributed by atoms with E-state index in [2.05, 4.69) is 20.9 Å². The first-order valence-electron chi connectivity index (χ1n) is 9.10. The van der Waals surface area contributed by atoms with Gasteiger partial charge in [0, 0.05) is 43.8 Å². The van der Waals surface area contributed by atoms with E-state index in [0.717, 1.165) is 42.3 Å². The Hall–Kier alpha value is -2.19. The van der Waals surface area contributed by atoms with Gasteiger partial charge in [0.05, 0.1) is 12.1 Å². The molecule has 148 valence electrons. The number of piperazine rings is 1. The molecule has 2 aliphatic rings. The molecule has 0 spiro atoms. The predicted molar refractivity (Wildman–Crippen MR) is 109 cm³/mol. The van der Waals surface area contributed by atoms with Crippen LogP contribution in [0.3, 0.4) is 0 Å². The summed E-state index contributed by atoms with van der Waals surface area (Å²) < 4.78 is 27.2. The second-order valence-electron chi connectivity index (χ2n) is 7.09. The number of hydrogen-bond acceptors (Lipinski definition) is 8. The summed E-state index contributed by atoms with van der Waals surface area (Å²) in [7, 11) is -1.52. The Balaban J connectivity index is 1.51. The monoisotopic (exact) mass is 418 g/mol. The average Bonchev–Trinajstić information content (AvgIpc) is 3.02. The number of anilines is 2. The molecular weight excluding hydrogens is 396 g/mol. The van der Waals surface area contributed by atoms with Crippen molar-refractivity contribution in [3.8, 4) is 6.07 Å². The molecule has 2 aromatic rings. The van der Waals surface area contributed by atoms with Crippen LogP contribution >= 0.6 is 11.3 Å². The highest BCUT2D eigenvalue weighted by Gasteiger charge is 2.28. The molecule has 1 saturated heterocycles. The second kappa shape index (κ2) is 7.33. The zero-order chi connectivity index (χ0) is 19.9. The molecule has 10 heteroatoms. The van der Waals surface area contributed by atoms with Crippen molar-refractivity contribution in [1.82, 2.24) is 14.2 Å². The maximum Gasteiger partial charge on any atom is 0.244 e. The molecule has 0 bridgehead atoms. The molecule has 0 aromatic carbocycles. The van der Waals surface area contributed by atoms with Crippen LogP contribution < -0.4 is 10.6 Å². The van der Waals surface area contributed by atoms with Gasteiger partial charge in [-0.05, 0) is 31.2 Å². The van der Waals surface area contributed by atoms with Gasteiger partial charge in [-0.3, -0.25) is 0 Å². The van der Waals surface area contributed by atoms with E-state index in [9.17, 15) is 13.7 Å². The molecule has 2 N–H and O–H groups in total. The second-order valence-corrected chi connectivity index (χ2v) is 10.2. The molecule has 0 aliphatic carbocycles. The minimum atomic E-state index is -3.51. The highest BCUT2D eigenvalue weighted by Crippen LogP contribution is 2.35. The van der Waals surface area contributed by atoms with Gasteiger partial charge < -0.3 is 15.5 Å². The van der Waals surface area contributed by atoms with Gasteiger partial charge in [-0.2, -0.15) is 9.57 Å². The number of pyridine rings is 1. The summed E-state index contributed by atoms with van der Waals surface area (Å²) in [5, 5.41) is 9.83. The number of nitrogens with zero attached hydrogens (tertiary/aromatic N) is 5. The van der Waals surface area contributed by atoms with E-state index >= 15 is 0 Å². The quantitative estimate of drug-likeness (QED) is 0.795. The van der Waals surface area contributed by atoms with Gasteiger partial charge in [0.25, 0.3) is 0 Å². The van der Waals surface area contributed by atoms with Crippen LogP contribution in [-0.4, -0.2) is 62.4 Å². The van der Waals surface area contributed by atoms with Gasteiger partial charge in [0.2, 0.25) is 10.0 Å². The van der Waals surface area contributed by atoms with Crippen LogP contribution in [0.25, 0.3) is 0 Å². The van der Waals surface area contributed by atoms with Crippen molar-refractivity contribution in [2.75, 3.05) is 50.4 Å². The van der Waals surface area contributed by atoms with Crippen molar-refractivity contribution in [1.29, 1.82) is 5.26 Å². The predicted octanol–water partition coefficient (Wildman–Crippen LogP) is 1.10. The molecule has 2 aromatic heterocycles. The van der Waals surface area contributed by atoms with Crippen LogP contribution in [0.4, 0.5) is 10.8 Å². The number of sulfonamides is 1. The zero-order valence-corrected chi connectivity index (χ0v) is 17.3. The normalized spacial score (nSPS) is 18.6. The highest BCUT2D eigenvalue weighted by molar-refractivity contribution is 7.89. The first kappa shape index (κ1) is 19.1. The van der Waals surface area contributed by atoms with Crippen LogP contribution in [0, 0.1) is 11.3 Å². The fourth-order valence-electron chi connectivity index (χ4n) is 3.63. The van der Waals surface area contributed by atoms with Gasteiger partial charge in [-0.1, -0.05) is 0 Å². The molecule has 0 atom stereocenters. The molecular formula is C18H22N6O2S2. The Kier molecular flexibility index (Phi) is 5.01. The smallest absolute Gasteiger partial charge is 0.244 e. The molecule has 0 amide bonds. The van der Waals surface area contributed by atoms with E-state index in [1.54, 1.807) is 12.1 Å². The van der Waals surface area contributed by atoms with Crippen LogP contribution in [0.5, 0.6) is 0 Å². The topological polar surface area (TPSA) is 107 Å². The molecule has 0 radical (unpaired) electrons. The molecule has 1 fully saturated rings. The van der Waals surface area contributed by atoms with Crippen molar-refractivity contribution in [3.63, 3.8) is 0 Å². The number of fused-ring (bicyclic) bond motifs is 1. The van der Waals surface area contributed by atoms with Crippen LogP contribution in [0.2, 0.25) is 0 Å². The molecule has 0 saturated carbocycles. The molecule has 0 unspecified atom stereocenters. The molecule has 2 aliphatic heterocycles. The lowest BCUT2D eigenvalue weighted by Crippen LogP contribution is -2.47. The third-order valence-electron chi connectivity index (χ3n) is 5.34. The van der Waals surface area contributed by atoms with Crippen LogP contribution in [-0.2, 0) is 23.0 Å². The van der Waals surface area contributed by atoms with E-state index in [-0.39, 0.29) is 4.90 Å². The molecule has 4 heterocycles. The Labute approximate surface area is 168 Å². The maximum atomic E-state index is 12.8. The minimum absolute atomic E-state index is 0.227. The van der Waals surface area contributed by atoms with Gasteiger partial charge in [-0.25, -0.2) is 13.4 Å². The van der Waals surface area contributed by atoms with Crippen LogP contribution in [0.1, 0.15) is 16.0 Å². The number of rotatable bonds is 3. The van der Waals surface area contributed by atoms with E-state index < -0.39 is 10.0 Å². The van der Waals surface area contributed by atoms with Gasteiger partial charge >= 0.3 is 0 Å². The van der Waals surface area contributed by atoms with Gasteiger partial charge in [-0.15, -0.1) is 11.3 Å². The number of nitrogen functional groups attached to an aromatic ring is 1. The summed E-state index contributed by atoms with van der Waals surface area (Å²) >= 11 is 1.45. The first-order valence-corrected chi connectivity index (χ1v) is 11.4. The fourth-order valence-corrected chi connectivity index (χ4v) is 6.08. The average molecular weight is 419 g/mol. The van der Waals surface area contributed by atoms with Gasteiger partial charge in [0.1, 0.15) is 21.8 Å². The van der Waals surface area contributed by atoms with E-state index in [0.29, 0.717) is 30.2 Å². The molecule has 8 nitrogen and oxygen atoms in total. The third-order valence-corrected chi connectivity index (χ3v) is 8.27. The maximum absolute atomic E-state index is 12.8. The number of hydrogen-bond donors (Lipinski definition) is 1. The standard InChI is InChI=1S/C18H22N6O2S2/c1-22-6-8-24(9-7-22)28(25,26)13-2-3-17(21-11-13)23-5-4-14-15(10-19)18(20)27-16(14)12-23/h2-3,11H,4-9,12,20H2,1H3. The fraction of sp³-hybridized carbons (Fsp3) is 0.444. The Morgan fingerprint density at radius 3 is 2.61 bits per heavy atom. The number of nitrogens with two attached hydrogens (primary N) is 1. The lowest BCUT2D eigenvalue weighted by Gasteiger charge is -2.31. The lowest BCUT2D eigenvalue weighted by molar-refractivity contribution is 0.222. The summed E-state index contributed by atoms with van der Waals surface area (Å²) in [5.41, 5.74) is 7.59. The Morgan fingerprint density at radius 1 is 1.21 bits per heavy atom. The van der Waals surface area contributed by atoms with Crippen molar-refractivity contribution >= 4 is 32.2 Å². The Bertz CT molecular complexity index is 1020. The molecule has 28 heavy (non-hydrogen) atoms. The number of aromatic nitrogens is 1. The van der Waals surface area contributed by atoms with Crippen molar-refractivity contribution < 1.29 is 8.42 Å². The SMILES string of the molecule is CN1CCN(S(=O)(=O)c2ccc(N3CCc4c(sc(N)c4C#N)C3)nc2)CC1. The number of nitriles is 1. The summed E-state index contributed by atoms with van der Waals surface area (Å²) in [4.78, 5) is 9.93. The lowest BCUT2D eigenvalue weighted by atomic mass is 10.0. The summed E-state index contributed by atoms with van der Waals surface area (Å²) in [6.45, 7) is 3.80. The van der Waals surface area contributed by atoms with E-state index in [1.165, 1.54) is 21.8 Å². The molecule has 4 rings (SSSR count). The zero-order valence-electron chi connectivity index (χ0n) is 15.6. The highest BCUT2D eigenvalue weighted by atomic mass is 32.2. The minimum Gasteiger partial charge on any atom is -0.389 e. The third kappa shape index (κ3) is 3.35. The Morgan fingerprint density at radius 2 is 1.96 bits per heavy atom. The summed E-state index contributed by atoms with van der Waals surface area (Å²) in [5.74, 6) is 0.730. The van der Waals surface area contributed by atoms with Crippen LogP contribution in [0.15, 0.2) is 23.2 Å². The van der Waals surface area contributed by atoms with Crippen molar-refractivity contribution in [2.24, 2.45) is 0 Å². The largest absolute Gasteiger partial charge is 0.389 e. The van der Waals surface area contributed by atoms with E-state index in [4.69, 9.17) is 5.73 Å². The summed E-state index contributed by atoms with van der Waals surface area (Å²) in [6, 6.07) is 5.59. The van der Waals surface area contributed by atoms with Crippen molar-refractivity contribution in [2.45, 2.75) is 17.9 Å². The first-order chi connectivity index (χ1) is 13.4. The summed E-state index contributed by atoms with van der Waals surface area (Å²) in [6.07, 6.45) is 2.18. The number of likely N-dealkylation sites (N-methyl/N-ethyl adjacent to an activating group) is 1. The number of thiophene rings is 1.